The molecule has 8 radical (unpaired) electrons. The lowest BCUT2D eigenvalue weighted by Gasteiger charge is -2.33. The summed E-state index contributed by atoms with van der Waals surface area (Å²) in [6.45, 7) is 0. The lowest BCUT2D eigenvalue weighted by molar-refractivity contribution is -0.147. The van der Waals surface area contributed by atoms with E-state index in [1.54, 1.807) is 0 Å². The van der Waals surface area contributed by atoms with Gasteiger partial charge in [0.25, 0.3) is 11.8 Å². The van der Waals surface area contributed by atoms with E-state index in [1.165, 1.54) is 18.2 Å². The van der Waals surface area contributed by atoms with E-state index in [4.69, 9.17) is 43.0 Å². The number of nitrogens with one attached hydrogen (secondary N) is 2. The van der Waals surface area contributed by atoms with Crippen molar-refractivity contribution in [2.24, 2.45) is 0 Å². The number of alkyl halides is 2. The van der Waals surface area contributed by atoms with Crippen LogP contribution in [0.1, 0.15) is 51.8 Å². The number of benzene rings is 2. The Morgan fingerprint density at radius 3 is 2.44 bits per heavy atom. The molecule has 0 aromatic heterocycles. The first kappa shape index (κ1) is 26.0. The fraction of sp³-hybridized carbons (Fsp3) is 0.273. The van der Waals surface area contributed by atoms with Crippen LogP contribution < -0.4 is 21.6 Å². The lowest BCUT2D eigenvalue weighted by atomic mass is 9.67. The normalized spacial score (nSPS) is 20.6. The zero-order valence-electron chi connectivity index (χ0n) is 18.6. The minimum Gasteiger partial charge on any atom is -0.352 e. The van der Waals surface area contributed by atoms with Crippen LogP contribution in [0.25, 0.3) is 0 Å². The molecular weight excluding hydrogens is 487 g/mol. The molecule has 0 aliphatic carbocycles. The highest BCUT2D eigenvalue weighted by Crippen LogP contribution is 2.35. The van der Waals surface area contributed by atoms with Crippen molar-refractivity contribution in [2.45, 2.75) is 36.7 Å². The van der Waals surface area contributed by atoms with Crippen molar-refractivity contribution in [2.75, 3.05) is 0 Å². The molecule has 174 valence electrons. The van der Waals surface area contributed by atoms with E-state index in [0.29, 0.717) is 0 Å². The predicted octanol–water partition coefficient (Wildman–Crippen LogP) is -0.569. The van der Waals surface area contributed by atoms with Crippen LogP contribution in [0.4, 0.5) is 8.78 Å². The molecule has 7 nitrogen and oxygen atoms in total. The van der Waals surface area contributed by atoms with Gasteiger partial charge in [0.1, 0.15) is 37.4 Å². The number of amides is 4. The Kier molecular flexibility index (Phi) is 6.81. The molecule has 3 unspecified atom stereocenters. The van der Waals surface area contributed by atoms with Crippen molar-refractivity contribution in [3.8, 4) is 0 Å². The Morgan fingerprint density at radius 1 is 1.19 bits per heavy atom. The van der Waals surface area contributed by atoms with E-state index in [-0.39, 0.29) is 45.5 Å². The maximum atomic E-state index is 14.7. The number of halogens is 3. The number of hydrogen-bond acceptors (Lipinski definition) is 4. The third kappa shape index (κ3) is 4.34. The molecule has 4 rings (SSSR count). The molecule has 3 atom stereocenters. The van der Waals surface area contributed by atoms with Crippen molar-refractivity contribution in [3.05, 3.63) is 57.6 Å². The average Bonchev–Trinajstić information content (AvgIpc) is 3.04. The number of carbonyl (C=O) groups is 4. The number of rotatable bonds is 5. The molecule has 1 fully saturated rings. The molecule has 2 aliphatic heterocycles. The van der Waals surface area contributed by atoms with Gasteiger partial charge in [-0.2, -0.15) is 8.78 Å². The molecule has 0 bridgehead atoms. The van der Waals surface area contributed by atoms with Gasteiger partial charge in [-0.05, 0) is 29.7 Å². The lowest BCUT2D eigenvalue weighted by Crippen LogP contribution is -2.53. The van der Waals surface area contributed by atoms with E-state index in [1.807, 2.05) is 5.32 Å². The first-order valence-corrected chi connectivity index (χ1v) is 11.1. The second-order valence-electron chi connectivity index (χ2n) is 8.41. The summed E-state index contributed by atoms with van der Waals surface area (Å²) < 4.78 is 29.4. The fourth-order valence-corrected chi connectivity index (χ4v) is 4.51. The van der Waals surface area contributed by atoms with Crippen molar-refractivity contribution in [3.63, 3.8) is 0 Å². The topological polar surface area (TPSA) is 95.6 Å². The molecule has 2 aromatic carbocycles. The molecule has 0 spiro atoms. The highest BCUT2D eigenvalue weighted by Gasteiger charge is 2.45. The molecule has 36 heavy (non-hydrogen) atoms. The summed E-state index contributed by atoms with van der Waals surface area (Å²) in [5.74, 6) is -10.3. The molecular formula is C22H14B4ClF2N3O4. The Balaban J connectivity index is 1.62. The van der Waals surface area contributed by atoms with Gasteiger partial charge in [-0.15, -0.1) is 0 Å². The Bertz CT molecular complexity index is 1300. The molecule has 4 amide bonds. The van der Waals surface area contributed by atoms with E-state index in [9.17, 15) is 28.0 Å². The minimum atomic E-state index is -3.96. The maximum Gasteiger partial charge on any atom is 0.349 e. The summed E-state index contributed by atoms with van der Waals surface area (Å²) in [5.41, 5.74) is -1.01. The molecule has 2 aliphatic rings. The smallest absolute Gasteiger partial charge is 0.349 e. The van der Waals surface area contributed by atoms with Gasteiger partial charge >= 0.3 is 5.92 Å². The van der Waals surface area contributed by atoms with Gasteiger partial charge in [-0.1, -0.05) is 40.7 Å². The number of imide groups is 1. The van der Waals surface area contributed by atoms with Crippen LogP contribution in [-0.4, -0.2) is 66.0 Å². The van der Waals surface area contributed by atoms with Crippen LogP contribution in [0, 0.1) is 0 Å². The van der Waals surface area contributed by atoms with Gasteiger partial charge in [-0.25, -0.2) is 0 Å². The zero-order chi connectivity index (χ0) is 26.5. The van der Waals surface area contributed by atoms with Gasteiger partial charge in [0.05, 0.1) is 0 Å². The predicted molar refractivity (Wildman–Crippen MR) is 130 cm³/mol. The van der Waals surface area contributed by atoms with E-state index < -0.39 is 53.0 Å². The summed E-state index contributed by atoms with van der Waals surface area (Å²) in [6, 6.07) is 4.59. The molecule has 2 aromatic rings. The van der Waals surface area contributed by atoms with Crippen LogP contribution in [0.2, 0.25) is 5.02 Å². The van der Waals surface area contributed by atoms with Gasteiger partial charge in [0.15, 0.2) is 0 Å². The van der Waals surface area contributed by atoms with Crippen LogP contribution >= 0.6 is 11.6 Å². The van der Waals surface area contributed by atoms with Gasteiger partial charge in [0, 0.05) is 34.5 Å². The number of hydrogen-bond donors (Lipinski definition) is 2. The maximum absolute atomic E-state index is 14.7. The van der Waals surface area contributed by atoms with E-state index in [2.05, 4.69) is 5.32 Å². The Labute approximate surface area is 215 Å². The van der Waals surface area contributed by atoms with Crippen molar-refractivity contribution in [1.82, 2.24) is 15.5 Å². The first-order valence-electron chi connectivity index (χ1n) is 10.7. The Hall–Kier alpha value is -3.07. The number of carbonyl (C=O) groups excluding carboxylic acids is 4. The van der Waals surface area contributed by atoms with Crippen LogP contribution in [0.5, 0.6) is 0 Å². The standard InChI is InChI=1S/C22H14B4ClF2N3O4/c23-11-7-10-14(18(26)32(20(10)35)12-5-6-13(33)30-19(12)34)16(24)15(11)17(25)31-21(36)22(28,29)8-1-3-9(27)4-2-8/h1-4,7,12,17-18H,5-6H2,(H,31,36)(H,30,33,34). The summed E-state index contributed by atoms with van der Waals surface area (Å²) in [4.78, 5) is 50.4. The van der Waals surface area contributed by atoms with E-state index in [0.717, 1.165) is 17.0 Å². The third-order valence-corrected chi connectivity index (χ3v) is 6.43. The molecule has 2 heterocycles. The highest BCUT2D eigenvalue weighted by molar-refractivity contribution is 6.43. The average molecular weight is 501 g/mol. The fourth-order valence-electron chi connectivity index (χ4n) is 4.38. The zero-order valence-corrected chi connectivity index (χ0v) is 19.3. The first-order chi connectivity index (χ1) is 16.8. The quantitative estimate of drug-likeness (QED) is 0.424. The highest BCUT2D eigenvalue weighted by atomic mass is 35.5. The van der Waals surface area contributed by atoms with Gasteiger partial charge in [0.2, 0.25) is 11.8 Å². The number of fused-ring (bicyclic) bond motifs is 1. The number of nitrogens with zero attached hydrogens (tertiary/aromatic N) is 1. The second kappa shape index (κ2) is 9.42. The van der Waals surface area contributed by atoms with Crippen LogP contribution in [0.15, 0.2) is 30.3 Å². The minimum absolute atomic E-state index is 0.00373. The monoisotopic (exact) mass is 501 g/mol. The van der Waals surface area contributed by atoms with Crippen molar-refractivity contribution in [1.29, 1.82) is 0 Å². The van der Waals surface area contributed by atoms with Gasteiger partial charge < -0.3 is 10.2 Å². The summed E-state index contributed by atoms with van der Waals surface area (Å²) in [7, 11) is 24.5. The summed E-state index contributed by atoms with van der Waals surface area (Å²) in [6.07, 6.45) is 0.0561. The molecule has 0 saturated carbocycles. The summed E-state index contributed by atoms with van der Waals surface area (Å²) >= 11 is 5.72. The molecule has 14 heteroatoms. The Morgan fingerprint density at radius 2 is 1.83 bits per heavy atom. The number of piperidine rings is 1. The molecule has 1 saturated heterocycles. The SMILES string of the molecule is [B]c1cc2c(c([B])c1C([B])NC(=O)C(F)(F)c1ccc(Cl)cc1)C([B])N(C1CCC(=O)NC1=O)C2=O. The third-order valence-electron chi connectivity index (χ3n) is 6.18. The van der Waals surface area contributed by atoms with Crippen LogP contribution in [-0.2, 0) is 20.3 Å². The van der Waals surface area contributed by atoms with Crippen molar-refractivity contribution >= 4 is 77.5 Å². The van der Waals surface area contributed by atoms with Crippen LogP contribution in [0.3, 0.4) is 0 Å². The van der Waals surface area contributed by atoms with E-state index >= 15 is 0 Å². The van der Waals surface area contributed by atoms with Crippen molar-refractivity contribution < 1.29 is 28.0 Å². The molecule has 2 N–H and O–H groups in total. The second-order valence-corrected chi connectivity index (χ2v) is 8.85. The van der Waals surface area contributed by atoms with Gasteiger partial charge in [-0.3, -0.25) is 24.5 Å². The summed E-state index contributed by atoms with van der Waals surface area (Å²) in [5, 5.41) is 4.35. The largest absolute Gasteiger partial charge is 0.352 e.